The van der Waals surface area contributed by atoms with Crippen LogP contribution in [0.2, 0.25) is 0 Å². The van der Waals surface area contributed by atoms with E-state index in [1.165, 1.54) is 19.3 Å². The predicted molar refractivity (Wildman–Crippen MR) is 68.5 cm³/mol. The molecule has 0 saturated heterocycles. The smallest absolute Gasteiger partial charge is 0.0661 e. The van der Waals surface area contributed by atoms with Crippen LogP contribution in [0.25, 0.3) is 0 Å². The molecule has 0 radical (unpaired) electrons. The highest BCUT2D eigenvalue weighted by molar-refractivity contribution is 9.10. The molecule has 0 bridgehead atoms. The molecule has 2 rings (SSSR count). The van der Waals surface area contributed by atoms with Crippen LogP contribution in [0.5, 0.6) is 0 Å². The summed E-state index contributed by atoms with van der Waals surface area (Å²) in [6.07, 6.45) is 9.28. The van der Waals surface area contributed by atoms with E-state index in [1.54, 1.807) is 12.4 Å². The van der Waals surface area contributed by atoms with E-state index in [0.717, 1.165) is 23.0 Å². The highest BCUT2D eigenvalue weighted by Gasteiger charge is 2.31. The van der Waals surface area contributed by atoms with Crippen molar-refractivity contribution in [3.8, 4) is 0 Å². The number of pyridine rings is 1. The van der Waals surface area contributed by atoms with Gasteiger partial charge in [-0.2, -0.15) is 0 Å². The second-order valence-electron chi connectivity index (χ2n) is 4.48. The first-order chi connectivity index (χ1) is 7.76. The highest BCUT2D eigenvalue weighted by atomic mass is 79.9. The third kappa shape index (κ3) is 2.55. The maximum absolute atomic E-state index is 9.60. The minimum absolute atomic E-state index is 0.137. The van der Waals surface area contributed by atoms with E-state index >= 15 is 0 Å². The Morgan fingerprint density at radius 1 is 1.38 bits per heavy atom. The summed E-state index contributed by atoms with van der Waals surface area (Å²) in [4.78, 5) is 4.04. The van der Waals surface area contributed by atoms with Gasteiger partial charge in [-0.05, 0) is 34.8 Å². The first-order valence-corrected chi connectivity index (χ1v) is 6.54. The van der Waals surface area contributed by atoms with Crippen molar-refractivity contribution in [1.82, 2.24) is 4.98 Å². The molecule has 2 N–H and O–H groups in total. The van der Waals surface area contributed by atoms with E-state index in [-0.39, 0.29) is 12.1 Å². The molecule has 3 nitrogen and oxygen atoms in total. The molecule has 0 spiro atoms. The Morgan fingerprint density at radius 2 is 2.12 bits per heavy atom. The van der Waals surface area contributed by atoms with Gasteiger partial charge in [-0.3, -0.25) is 4.98 Å². The van der Waals surface area contributed by atoms with Crippen molar-refractivity contribution in [2.75, 3.05) is 11.9 Å². The predicted octanol–water partition coefficient (Wildman–Crippen LogP) is 2.95. The van der Waals surface area contributed by atoms with E-state index in [4.69, 9.17) is 0 Å². The summed E-state index contributed by atoms with van der Waals surface area (Å²) in [5, 5.41) is 13.1. The molecule has 1 heterocycles. The number of nitrogens with one attached hydrogen (secondary N) is 1. The van der Waals surface area contributed by atoms with Crippen molar-refractivity contribution in [3.63, 3.8) is 0 Å². The lowest BCUT2D eigenvalue weighted by Gasteiger charge is -2.37. The fourth-order valence-corrected chi connectivity index (χ4v) is 2.66. The van der Waals surface area contributed by atoms with Crippen LogP contribution in [0.4, 0.5) is 5.69 Å². The van der Waals surface area contributed by atoms with E-state index in [1.807, 2.05) is 6.07 Å². The van der Waals surface area contributed by atoms with Crippen molar-refractivity contribution >= 4 is 21.6 Å². The van der Waals surface area contributed by atoms with Crippen LogP contribution < -0.4 is 5.32 Å². The number of anilines is 1. The summed E-state index contributed by atoms with van der Waals surface area (Å²) in [6.45, 7) is 0.196. The second-order valence-corrected chi connectivity index (χ2v) is 5.33. The van der Waals surface area contributed by atoms with Gasteiger partial charge >= 0.3 is 0 Å². The van der Waals surface area contributed by atoms with Gasteiger partial charge in [-0.1, -0.05) is 19.3 Å². The Morgan fingerprint density at radius 3 is 2.75 bits per heavy atom. The average molecular weight is 285 g/mol. The van der Waals surface area contributed by atoms with Gasteiger partial charge in [0.05, 0.1) is 22.3 Å². The van der Waals surface area contributed by atoms with Crippen LogP contribution in [0.3, 0.4) is 0 Å². The molecule has 0 aliphatic heterocycles. The maximum Gasteiger partial charge on any atom is 0.0661 e. The zero-order valence-electron chi connectivity index (χ0n) is 9.25. The standard InChI is InChI=1S/C12H17BrN2O/c13-10-8-14-7-4-11(10)15-12(9-16)5-2-1-3-6-12/h4,7-8,16H,1-3,5-6,9H2,(H,14,15). The van der Waals surface area contributed by atoms with Crippen molar-refractivity contribution in [3.05, 3.63) is 22.9 Å². The Kier molecular flexibility index (Phi) is 3.82. The normalized spacial score (nSPS) is 19.4. The Labute approximate surface area is 104 Å². The zero-order chi connectivity index (χ0) is 11.4. The lowest BCUT2D eigenvalue weighted by Crippen LogP contribution is -2.43. The number of aliphatic hydroxyl groups excluding tert-OH is 1. The van der Waals surface area contributed by atoms with Crippen LogP contribution in [0.1, 0.15) is 32.1 Å². The largest absolute Gasteiger partial charge is 0.394 e. The Balaban J connectivity index is 2.15. The minimum Gasteiger partial charge on any atom is -0.394 e. The monoisotopic (exact) mass is 284 g/mol. The summed E-state index contributed by atoms with van der Waals surface area (Å²) < 4.78 is 0.952. The topological polar surface area (TPSA) is 45.1 Å². The summed E-state index contributed by atoms with van der Waals surface area (Å²) in [7, 11) is 0. The molecule has 0 unspecified atom stereocenters. The van der Waals surface area contributed by atoms with Crippen LogP contribution >= 0.6 is 15.9 Å². The van der Waals surface area contributed by atoms with Crippen LogP contribution in [-0.2, 0) is 0 Å². The van der Waals surface area contributed by atoms with E-state index in [2.05, 4.69) is 26.2 Å². The lowest BCUT2D eigenvalue weighted by molar-refractivity contribution is 0.173. The number of nitrogens with zero attached hydrogens (tertiary/aromatic N) is 1. The highest BCUT2D eigenvalue weighted by Crippen LogP contribution is 2.33. The van der Waals surface area contributed by atoms with Crippen LogP contribution in [0.15, 0.2) is 22.9 Å². The molecule has 0 atom stereocenters. The van der Waals surface area contributed by atoms with Gasteiger partial charge in [0.15, 0.2) is 0 Å². The number of rotatable bonds is 3. The number of hydrogen-bond acceptors (Lipinski definition) is 3. The summed E-state index contributed by atoms with van der Waals surface area (Å²) in [5.41, 5.74) is 0.883. The molecule has 1 saturated carbocycles. The van der Waals surface area contributed by atoms with Gasteiger partial charge in [-0.15, -0.1) is 0 Å². The number of aliphatic hydroxyl groups is 1. The fourth-order valence-electron chi connectivity index (χ4n) is 2.31. The molecule has 1 fully saturated rings. The number of hydrogen-bond donors (Lipinski definition) is 2. The molecule has 1 aliphatic rings. The number of halogens is 1. The third-order valence-corrected chi connectivity index (χ3v) is 3.92. The first kappa shape index (κ1) is 11.9. The van der Waals surface area contributed by atoms with Crippen molar-refractivity contribution in [2.24, 2.45) is 0 Å². The van der Waals surface area contributed by atoms with Crippen molar-refractivity contribution in [1.29, 1.82) is 0 Å². The molecule has 4 heteroatoms. The van der Waals surface area contributed by atoms with E-state index < -0.39 is 0 Å². The van der Waals surface area contributed by atoms with Gasteiger partial charge in [-0.25, -0.2) is 0 Å². The summed E-state index contributed by atoms with van der Waals surface area (Å²) >= 11 is 3.47. The molecular weight excluding hydrogens is 268 g/mol. The SMILES string of the molecule is OCC1(Nc2ccncc2Br)CCCCC1. The van der Waals surface area contributed by atoms with Gasteiger partial charge in [0.1, 0.15) is 0 Å². The fraction of sp³-hybridized carbons (Fsp3) is 0.583. The summed E-state index contributed by atoms with van der Waals surface area (Å²) in [5.74, 6) is 0. The molecule has 1 aromatic heterocycles. The summed E-state index contributed by atoms with van der Waals surface area (Å²) in [6, 6.07) is 1.94. The van der Waals surface area contributed by atoms with Crippen LogP contribution in [0, 0.1) is 0 Å². The Hall–Kier alpha value is -0.610. The average Bonchev–Trinajstić information content (AvgIpc) is 2.33. The maximum atomic E-state index is 9.60. The Bertz CT molecular complexity index is 351. The lowest BCUT2D eigenvalue weighted by atomic mass is 9.82. The molecule has 88 valence electrons. The third-order valence-electron chi connectivity index (χ3n) is 3.29. The quantitative estimate of drug-likeness (QED) is 0.897. The molecule has 1 aliphatic carbocycles. The van der Waals surface area contributed by atoms with Gasteiger partial charge in [0, 0.05) is 12.4 Å². The molecule has 0 aromatic carbocycles. The van der Waals surface area contributed by atoms with Crippen molar-refractivity contribution < 1.29 is 5.11 Å². The van der Waals surface area contributed by atoms with Crippen molar-refractivity contribution in [2.45, 2.75) is 37.6 Å². The van der Waals surface area contributed by atoms with Gasteiger partial charge in [0.2, 0.25) is 0 Å². The number of aromatic nitrogens is 1. The molecular formula is C12H17BrN2O. The van der Waals surface area contributed by atoms with Gasteiger partial charge < -0.3 is 10.4 Å². The molecule has 0 amide bonds. The van der Waals surface area contributed by atoms with E-state index in [0.29, 0.717) is 0 Å². The minimum atomic E-state index is -0.137. The zero-order valence-corrected chi connectivity index (χ0v) is 10.8. The second kappa shape index (κ2) is 5.15. The first-order valence-electron chi connectivity index (χ1n) is 5.74. The van der Waals surface area contributed by atoms with Gasteiger partial charge in [0.25, 0.3) is 0 Å². The van der Waals surface area contributed by atoms with Crippen LogP contribution in [-0.4, -0.2) is 22.2 Å². The van der Waals surface area contributed by atoms with E-state index in [9.17, 15) is 5.11 Å². The molecule has 16 heavy (non-hydrogen) atoms. The molecule has 1 aromatic rings.